The summed E-state index contributed by atoms with van der Waals surface area (Å²) in [5.74, 6) is -0.0444. The van der Waals surface area contributed by atoms with Crippen molar-refractivity contribution in [1.82, 2.24) is 5.32 Å². The first-order chi connectivity index (χ1) is 11.3. The van der Waals surface area contributed by atoms with Crippen LogP contribution < -0.4 is 5.32 Å². The van der Waals surface area contributed by atoms with Crippen LogP contribution in [0.15, 0.2) is 23.2 Å². The number of aliphatic imine (C=N–C) groups is 1. The molecular weight excluding hydrogens is 351 g/mol. The Morgan fingerprint density at radius 3 is 2.50 bits per heavy atom. The Bertz CT molecular complexity index is 577. The van der Waals surface area contributed by atoms with Crippen LogP contribution in [0.1, 0.15) is 38.1 Å². The molecule has 7 heteroatoms. The highest BCUT2D eigenvalue weighted by Crippen LogP contribution is 2.22. The molecule has 1 N–H and O–H groups in total. The molecule has 0 bridgehead atoms. The van der Waals surface area contributed by atoms with Crippen molar-refractivity contribution in [3.05, 3.63) is 33.8 Å². The van der Waals surface area contributed by atoms with Crippen molar-refractivity contribution in [2.24, 2.45) is 10.9 Å². The maximum absolute atomic E-state index is 12.4. The summed E-state index contributed by atoms with van der Waals surface area (Å²) < 4.78 is 10.8. The van der Waals surface area contributed by atoms with E-state index in [-0.39, 0.29) is 18.0 Å². The topological polar surface area (TPSA) is 59.9 Å². The first-order valence-corrected chi connectivity index (χ1v) is 8.65. The summed E-state index contributed by atoms with van der Waals surface area (Å²) in [7, 11) is 0. The molecule has 1 amide bonds. The van der Waals surface area contributed by atoms with Gasteiger partial charge in [-0.15, -0.1) is 0 Å². The van der Waals surface area contributed by atoms with Gasteiger partial charge in [0.15, 0.2) is 0 Å². The number of carbonyl (C=O) groups excluding carboxylic acids is 1. The van der Waals surface area contributed by atoms with Gasteiger partial charge in [-0.05, 0) is 38.0 Å². The Kier molecular flexibility index (Phi) is 9.11. The number of halogens is 2. The molecule has 0 radical (unpaired) electrons. The molecule has 1 rings (SSSR count). The third kappa shape index (κ3) is 7.07. The fourth-order valence-electron chi connectivity index (χ4n) is 1.59. The van der Waals surface area contributed by atoms with Gasteiger partial charge in [-0.1, -0.05) is 37.0 Å². The van der Waals surface area contributed by atoms with Crippen molar-refractivity contribution < 1.29 is 14.3 Å². The maximum atomic E-state index is 12.4. The highest BCUT2D eigenvalue weighted by Gasteiger charge is 2.14. The van der Waals surface area contributed by atoms with Crippen molar-refractivity contribution in [1.29, 1.82) is 0 Å². The molecule has 5 nitrogen and oxygen atoms in total. The monoisotopic (exact) mass is 374 g/mol. The van der Waals surface area contributed by atoms with Gasteiger partial charge in [-0.3, -0.25) is 10.1 Å². The minimum Gasteiger partial charge on any atom is -0.463 e. The summed E-state index contributed by atoms with van der Waals surface area (Å²) in [6, 6.07) is 4.84. The number of nitrogens with one attached hydrogen (secondary N) is 1. The van der Waals surface area contributed by atoms with Crippen LogP contribution in [-0.2, 0) is 9.47 Å². The minimum absolute atomic E-state index is 0.00111. The minimum atomic E-state index is -0.361. The summed E-state index contributed by atoms with van der Waals surface area (Å²) >= 11 is 11.8. The lowest BCUT2D eigenvalue weighted by molar-refractivity contribution is 0.0920. The zero-order valence-electron chi connectivity index (χ0n) is 14.4. The molecular formula is C17H24Cl2N2O3. The molecule has 0 aliphatic heterocycles. The number of nitrogens with zero attached hydrogens (tertiary/aromatic N) is 1. The quantitative estimate of drug-likeness (QED) is 0.442. The molecule has 1 atom stereocenters. The van der Waals surface area contributed by atoms with E-state index in [9.17, 15) is 4.79 Å². The SMILES string of the molecule is CCOCCOC(=NC(C)C(C)C)NC(=O)c1ccc(Cl)c(Cl)c1. The van der Waals surface area contributed by atoms with Gasteiger partial charge in [0, 0.05) is 12.2 Å². The van der Waals surface area contributed by atoms with Gasteiger partial charge in [-0.2, -0.15) is 0 Å². The van der Waals surface area contributed by atoms with E-state index in [0.717, 1.165) is 0 Å². The van der Waals surface area contributed by atoms with Gasteiger partial charge < -0.3 is 9.47 Å². The summed E-state index contributed by atoms with van der Waals surface area (Å²) in [6.45, 7) is 9.30. The predicted molar refractivity (Wildman–Crippen MR) is 98.1 cm³/mol. The number of ether oxygens (including phenoxy) is 2. The number of rotatable bonds is 7. The van der Waals surface area contributed by atoms with Crippen LogP contribution in [0.3, 0.4) is 0 Å². The van der Waals surface area contributed by atoms with E-state index in [2.05, 4.69) is 10.3 Å². The standard InChI is InChI=1S/C17H24Cl2N2O3/c1-5-23-8-9-24-17(20-12(4)11(2)3)21-16(22)13-6-7-14(18)15(19)10-13/h6-7,10-12H,5,8-9H2,1-4H3,(H,20,21,22). The van der Waals surface area contributed by atoms with E-state index in [1.165, 1.54) is 6.07 Å². The molecule has 0 heterocycles. The summed E-state index contributed by atoms with van der Waals surface area (Å²) in [5.41, 5.74) is 0.378. The Hall–Kier alpha value is -1.30. The summed E-state index contributed by atoms with van der Waals surface area (Å²) in [5, 5.41) is 3.38. The van der Waals surface area contributed by atoms with E-state index in [1.807, 2.05) is 27.7 Å². The van der Waals surface area contributed by atoms with Crippen molar-refractivity contribution in [3.8, 4) is 0 Å². The fraction of sp³-hybridized carbons (Fsp3) is 0.529. The van der Waals surface area contributed by atoms with Crippen molar-refractivity contribution >= 4 is 35.1 Å². The molecule has 24 heavy (non-hydrogen) atoms. The number of carbonyl (C=O) groups is 1. The van der Waals surface area contributed by atoms with Crippen LogP contribution >= 0.6 is 23.2 Å². The van der Waals surface area contributed by atoms with E-state index in [0.29, 0.717) is 41.3 Å². The lowest BCUT2D eigenvalue weighted by Gasteiger charge is -2.15. The van der Waals surface area contributed by atoms with E-state index >= 15 is 0 Å². The van der Waals surface area contributed by atoms with Gasteiger partial charge in [0.05, 0.1) is 22.7 Å². The molecule has 134 valence electrons. The van der Waals surface area contributed by atoms with Crippen LogP contribution in [0, 0.1) is 5.92 Å². The molecule has 0 fully saturated rings. The average molecular weight is 375 g/mol. The van der Waals surface area contributed by atoms with E-state index in [1.54, 1.807) is 12.1 Å². The Labute approximate surface area is 153 Å². The van der Waals surface area contributed by atoms with Crippen molar-refractivity contribution in [3.63, 3.8) is 0 Å². The number of amides is 1. The predicted octanol–water partition coefficient (Wildman–Crippen LogP) is 4.18. The first kappa shape index (κ1) is 20.7. The molecule has 0 aromatic heterocycles. The number of amidine groups is 1. The average Bonchev–Trinajstić information content (AvgIpc) is 2.53. The van der Waals surface area contributed by atoms with Gasteiger partial charge in [0.2, 0.25) is 0 Å². The third-order valence-corrected chi connectivity index (χ3v) is 4.10. The highest BCUT2D eigenvalue weighted by molar-refractivity contribution is 6.42. The van der Waals surface area contributed by atoms with Gasteiger partial charge in [-0.25, -0.2) is 4.99 Å². The highest BCUT2D eigenvalue weighted by atomic mass is 35.5. The largest absolute Gasteiger partial charge is 0.463 e. The van der Waals surface area contributed by atoms with Gasteiger partial charge >= 0.3 is 0 Å². The third-order valence-electron chi connectivity index (χ3n) is 3.36. The molecule has 1 aromatic rings. The maximum Gasteiger partial charge on any atom is 0.292 e. The fourth-order valence-corrected chi connectivity index (χ4v) is 1.89. The lowest BCUT2D eigenvalue weighted by atomic mass is 10.1. The molecule has 0 saturated heterocycles. The number of hydrogen-bond acceptors (Lipinski definition) is 4. The molecule has 0 saturated carbocycles. The van der Waals surface area contributed by atoms with Crippen LogP contribution in [0.25, 0.3) is 0 Å². The number of benzene rings is 1. The van der Waals surface area contributed by atoms with E-state index < -0.39 is 0 Å². The van der Waals surface area contributed by atoms with Crippen molar-refractivity contribution in [2.75, 3.05) is 19.8 Å². The van der Waals surface area contributed by atoms with Crippen LogP contribution in [0.2, 0.25) is 10.0 Å². The Morgan fingerprint density at radius 2 is 1.92 bits per heavy atom. The molecule has 0 spiro atoms. The second kappa shape index (κ2) is 10.5. The van der Waals surface area contributed by atoms with Crippen LogP contribution in [-0.4, -0.2) is 37.8 Å². The van der Waals surface area contributed by atoms with Gasteiger partial charge in [0.25, 0.3) is 11.9 Å². The van der Waals surface area contributed by atoms with Crippen molar-refractivity contribution in [2.45, 2.75) is 33.7 Å². The molecule has 1 unspecified atom stereocenters. The second-order valence-electron chi connectivity index (χ2n) is 5.55. The molecule has 1 aromatic carbocycles. The Morgan fingerprint density at radius 1 is 1.21 bits per heavy atom. The normalized spacial score (nSPS) is 13.0. The smallest absolute Gasteiger partial charge is 0.292 e. The summed E-state index contributed by atoms with van der Waals surface area (Å²) in [6.07, 6.45) is 0. The van der Waals surface area contributed by atoms with Crippen LogP contribution in [0.5, 0.6) is 0 Å². The second-order valence-corrected chi connectivity index (χ2v) is 6.36. The lowest BCUT2D eigenvalue weighted by Crippen LogP contribution is -2.34. The van der Waals surface area contributed by atoms with E-state index in [4.69, 9.17) is 32.7 Å². The molecule has 0 aliphatic rings. The zero-order valence-corrected chi connectivity index (χ0v) is 15.9. The molecule has 0 aliphatic carbocycles. The zero-order chi connectivity index (χ0) is 18.1. The number of hydrogen-bond donors (Lipinski definition) is 1. The first-order valence-electron chi connectivity index (χ1n) is 7.89. The summed E-state index contributed by atoms with van der Waals surface area (Å²) in [4.78, 5) is 16.8. The van der Waals surface area contributed by atoms with Gasteiger partial charge in [0.1, 0.15) is 6.61 Å². The van der Waals surface area contributed by atoms with Crippen LogP contribution in [0.4, 0.5) is 0 Å². The Balaban J connectivity index is 2.81.